The third-order valence-electron chi connectivity index (χ3n) is 11.0. The van der Waals surface area contributed by atoms with Crippen molar-refractivity contribution in [2.45, 2.75) is 172 Å². The Morgan fingerprint density at radius 2 is 1.31 bits per heavy atom. The zero-order valence-electron chi connectivity index (χ0n) is 43.1. The number of allylic oxidation sites excluding steroid dienone is 14. The molecule has 10 atom stereocenters. The molecule has 75 heavy (non-hydrogen) atoms. The Kier molecular flexibility index (Phi) is 34.7. The standard InChI is InChI=1S/C52H81N3O18P2/c1-3-5-7-8-9-10-11-12-13-14-15-16-17-18-19-24-28-34-47(59)68-38-42(71-48(60)35-29-33-44(58)43(57)32-27-23-21-20-22-26-31-41(56)30-25-6-4-2)39-69-74(64,65)73-75(66,67)70-40-45-49(61)50(62)51(72-45)55-37-36-46(53)54-52(55)63/h9-10,12-13,15-16,18-23,26-27,31-32,36-37,41-45,49-51,56-58,61-62H,3-8,11,14,17,24-25,28-30,33-35,38-40H2,1-2H3,(H,64,65)(H,66,67)(H2,53,54,63)/b10-9-,13-12-,16-15-,19-18-,22-20-,23-21+,31-26+,32-27+/t41-,42+,43-,44-,45+,49+,50+,51+/m0/s1. The van der Waals surface area contributed by atoms with Crippen LogP contribution in [0.2, 0.25) is 0 Å². The van der Waals surface area contributed by atoms with Gasteiger partial charge in [0.2, 0.25) is 0 Å². The van der Waals surface area contributed by atoms with Crippen LogP contribution in [0.4, 0.5) is 5.82 Å². The fourth-order valence-corrected chi connectivity index (χ4v) is 8.97. The third kappa shape index (κ3) is 31.4. The average molecular weight is 1100 g/mol. The number of nitrogens with two attached hydrogens (primary N) is 1. The molecule has 2 heterocycles. The maximum absolute atomic E-state index is 12.9. The summed E-state index contributed by atoms with van der Waals surface area (Å²) in [6.07, 6.45) is 31.3. The second-order valence-electron chi connectivity index (χ2n) is 17.5. The zero-order valence-corrected chi connectivity index (χ0v) is 44.9. The molecule has 1 aliphatic rings. The molecule has 0 amide bonds. The number of phosphoric ester groups is 2. The number of phosphoric acid groups is 2. The topological polar surface area (TPSA) is 326 Å². The maximum atomic E-state index is 12.9. The fraction of sp³-hybridized carbons (Fsp3) is 0.577. The lowest BCUT2D eigenvalue weighted by Crippen LogP contribution is -2.36. The summed E-state index contributed by atoms with van der Waals surface area (Å²) in [6.45, 7) is 1.62. The Hall–Kier alpha value is -4.44. The number of anilines is 1. The van der Waals surface area contributed by atoms with Crippen molar-refractivity contribution in [3.8, 4) is 0 Å². The second-order valence-corrected chi connectivity index (χ2v) is 20.6. The van der Waals surface area contributed by atoms with Crippen LogP contribution in [-0.2, 0) is 46.3 Å². The third-order valence-corrected chi connectivity index (χ3v) is 13.6. The number of ether oxygens (including phenoxy) is 3. The van der Waals surface area contributed by atoms with Crippen molar-refractivity contribution in [1.82, 2.24) is 9.55 Å². The van der Waals surface area contributed by atoms with Crippen molar-refractivity contribution in [2.24, 2.45) is 0 Å². The Bertz CT molecular complexity index is 2190. The van der Waals surface area contributed by atoms with Gasteiger partial charge in [0.05, 0.1) is 31.5 Å². The van der Waals surface area contributed by atoms with E-state index in [2.05, 4.69) is 53.5 Å². The smallest absolute Gasteiger partial charge is 0.462 e. The highest BCUT2D eigenvalue weighted by Crippen LogP contribution is 2.60. The van der Waals surface area contributed by atoms with Crippen molar-refractivity contribution in [3.05, 3.63) is 120 Å². The lowest BCUT2D eigenvalue weighted by Gasteiger charge is -2.21. The minimum atomic E-state index is -5.53. The summed E-state index contributed by atoms with van der Waals surface area (Å²) in [5.41, 5.74) is 4.54. The van der Waals surface area contributed by atoms with Crippen molar-refractivity contribution < 1.29 is 81.6 Å². The van der Waals surface area contributed by atoms with Gasteiger partial charge in [-0.2, -0.15) is 9.29 Å². The number of esters is 2. The van der Waals surface area contributed by atoms with Gasteiger partial charge in [-0.05, 0) is 70.3 Å². The Morgan fingerprint density at radius 3 is 1.95 bits per heavy atom. The Balaban J connectivity index is 1.92. The normalized spacial score (nSPS) is 20.9. The van der Waals surface area contributed by atoms with Crippen LogP contribution in [0.5, 0.6) is 0 Å². The summed E-state index contributed by atoms with van der Waals surface area (Å²) >= 11 is 0. The van der Waals surface area contributed by atoms with Crippen LogP contribution in [0, 0.1) is 0 Å². The van der Waals surface area contributed by atoms with Gasteiger partial charge in [-0.25, -0.2) is 13.9 Å². The summed E-state index contributed by atoms with van der Waals surface area (Å²) in [5, 5.41) is 51.7. The minimum Gasteiger partial charge on any atom is -0.462 e. The van der Waals surface area contributed by atoms with E-state index < -0.39 is 102 Å². The van der Waals surface area contributed by atoms with Crippen molar-refractivity contribution in [3.63, 3.8) is 0 Å². The Labute approximate surface area is 440 Å². The van der Waals surface area contributed by atoms with Crippen LogP contribution >= 0.6 is 15.6 Å². The fourth-order valence-electron chi connectivity index (χ4n) is 6.86. The van der Waals surface area contributed by atoms with Crippen molar-refractivity contribution in [1.29, 1.82) is 0 Å². The molecule has 0 aromatic carbocycles. The molecule has 2 rings (SSSR count). The number of aliphatic hydroxyl groups is 5. The molecule has 2 unspecified atom stereocenters. The zero-order chi connectivity index (χ0) is 55.3. The SMILES string of the molecule is CCCCC/C=C\C/C=C\C/C=C\C/C=C\CCCC(=O)OC[C@H](COP(=O)(O)OP(=O)(O)OC[C@H]1O[C@@H](n2ccc(N)nc2=O)[C@H](O)[C@@H]1O)OC(=O)CCC[C@H](O)[C@@H](O)/C=C/C=C/C=C\C=C\[C@@H](O)CCCCC. The van der Waals surface area contributed by atoms with Crippen LogP contribution < -0.4 is 11.4 Å². The van der Waals surface area contributed by atoms with E-state index >= 15 is 0 Å². The van der Waals surface area contributed by atoms with E-state index in [1.807, 2.05) is 18.2 Å². The molecule has 422 valence electrons. The van der Waals surface area contributed by atoms with Gasteiger partial charge < -0.3 is 55.3 Å². The van der Waals surface area contributed by atoms with E-state index in [0.717, 1.165) is 49.3 Å². The number of nitrogen functional groups attached to an aromatic ring is 1. The van der Waals surface area contributed by atoms with E-state index in [0.29, 0.717) is 25.7 Å². The van der Waals surface area contributed by atoms with Crippen LogP contribution in [0.25, 0.3) is 0 Å². The number of aliphatic hydroxyl groups excluding tert-OH is 5. The van der Waals surface area contributed by atoms with Gasteiger partial charge in [-0.3, -0.25) is 23.2 Å². The highest BCUT2D eigenvalue weighted by Gasteiger charge is 2.46. The molecule has 1 saturated heterocycles. The summed E-state index contributed by atoms with van der Waals surface area (Å²) in [5.74, 6) is -1.73. The summed E-state index contributed by atoms with van der Waals surface area (Å²) in [4.78, 5) is 61.9. The van der Waals surface area contributed by atoms with Crippen LogP contribution in [0.15, 0.2) is 114 Å². The van der Waals surface area contributed by atoms with Gasteiger partial charge in [0.1, 0.15) is 30.7 Å². The van der Waals surface area contributed by atoms with E-state index in [4.69, 9.17) is 29.0 Å². The van der Waals surface area contributed by atoms with E-state index in [1.165, 1.54) is 37.5 Å². The van der Waals surface area contributed by atoms with Gasteiger partial charge in [0.15, 0.2) is 12.3 Å². The number of nitrogens with zero attached hydrogens (tertiary/aromatic N) is 2. The molecule has 0 radical (unpaired) electrons. The average Bonchev–Trinajstić information content (AvgIpc) is 3.64. The quantitative estimate of drug-likeness (QED) is 0.0105. The number of aromatic nitrogens is 2. The van der Waals surface area contributed by atoms with E-state index in [-0.39, 0.29) is 31.5 Å². The summed E-state index contributed by atoms with van der Waals surface area (Å²) < 4.78 is 56.4. The lowest BCUT2D eigenvalue weighted by molar-refractivity contribution is -0.161. The first-order valence-electron chi connectivity index (χ1n) is 25.6. The maximum Gasteiger partial charge on any atom is 0.481 e. The lowest BCUT2D eigenvalue weighted by atomic mass is 10.1. The molecular formula is C52H81N3O18P2. The number of unbranched alkanes of at least 4 members (excludes halogenated alkanes) is 6. The monoisotopic (exact) mass is 1100 g/mol. The first kappa shape index (κ1) is 66.7. The van der Waals surface area contributed by atoms with Crippen LogP contribution in [0.3, 0.4) is 0 Å². The van der Waals surface area contributed by atoms with Gasteiger partial charge in [0, 0.05) is 19.0 Å². The number of hydrogen-bond acceptors (Lipinski definition) is 18. The number of carbonyl (C=O) groups excluding carboxylic acids is 2. The first-order valence-corrected chi connectivity index (χ1v) is 28.6. The largest absolute Gasteiger partial charge is 0.481 e. The van der Waals surface area contributed by atoms with E-state index in [9.17, 15) is 58.8 Å². The summed E-state index contributed by atoms with van der Waals surface area (Å²) in [6, 6.07) is 1.22. The molecule has 0 spiro atoms. The van der Waals surface area contributed by atoms with Gasteiger partial charge in [-0.15, -0.1) is 0 Å². The molecule has 0 aliphatic carbocycles. The number of carbonyl (C=O) groups is 2. The number of rotatable bonds is 40. The van der Waals surface area contributed by atoms with Crippen LogP contribution in [-0.4, -0.2) is 119 Å². The Morgan fingerprint density at radius 1 is 0.733 bits per heavy atom. The van der Waals surface area contributed by atoms with Gasteiger partial charge >= 0.3 is 33.3 Å². The highest BCUT2D eigenvalue weighted by molar-refractivity contribution is 7.61. The predicted molar refractivity (Wildman–Crippen MR) is 283 cm³/mol. The van der Waals surface area contributed by atoms with Crippen molar-refractivity contribution in [2.75, 3.05) is 25.6 Å². The highest BCUT2D eigenvalue weighted by atomic mass is 31.3. The molecule has 1 aromatic rings. The molecule has 21 nitrogen and oxygen atoms in total. The molecule has 0 saturated carbocycles. The molecule has 23 heteroatoms. The molecule has 0 bridgehead atoms. The van der Waals surface area contributed by atoms with Crippen LogP contribution in [0.1, 0.15) is 129 Å². The molecule has 1 aliphatic heterocycles. The van der Waals surface area contributed by atoms with Crippen molar-refractivity contribution >= 4 is 33.4 Å². The summed E-state index contributed by atoms with van der Waals surface area (Å²) in [7, 11) is -11.0. The first-order chi connectivity index (χ1) is 35.9. The van der Waals surface area contributed by atoms with Gasteiger partial charge in [-0.1, -0.05) is 143 Å². The van der Waals surface area contributed by atoms with E-state index in [1.54, 1.807) is 36.5 Å². The minimum absolute atomic E-state index is 0.0162. The predicted octanol–water partition coefficient (Wildman–Crippen LogP) is 7.35. The number of hydrogen-bond donors (Lipinski definition) is 8. The molecule has 9 N–H and O–H groups in total. The second kappa shape index (κ2) is 39.0. The van der Waals surface area contributed by atoms with Gasteiger partial charge in [0.25, 0.3) is 0 Å². The molecular weight excluding hydrogens is 1020 g/mol. The molecule has 1 fully saturated rings. The molecule has 1 aromatic heterocycles.